The lowest BCUT2D eigenvalue weighted by Gasteiger charge is -2.07. The van der Waals surface area contributed by atoms with Gasteiger partial charge < -0.3 is 4.74 Å². The van der Waals surface area contributed by atoms with Crippen LogP contribution >= 0.6 is 0 Å². The minimum absolute atomic E-state index is 0.837. The van der Waals surface area contributed by atoms with Crippen molar-refractivity contribution in [2.45, 2.75) is 13.8 Å². The van der Waals surface area contributed by atoms with Gasteiger partial charge in [-0.1, -0.05) is 6.07 Å². The van der Waals surface area contributed by atoms with E-state index in [2.05, 4.69) is 27.6 Å². The highest BCUT2D eigenvalue weighted by atomic mass is 16.5. The summed E-state index contributed by atoms with van der Waals surface area (Å²) in [5.74, 6) is 1.74. The summed E-state index contributed by atoms with van der Waals surface area (Å²) in [5, 5.41) is 10.6. The van der Waals surface area contributed by atoms with Crippen LogP contribution in [-0.4, -0.2) is 21.7 Å². The van der Waals surface area contributed by atoms with Gasteiger partial charge in [0.05, 0.1) is 7.11 Å². The maximum atomic E-state index is 5.25. The molecule has 0 aliphatic rings. The second kappa shape index (κ2) is 3.45. The SMILES string of the molecule is COc1ccc2cc(C)n3c(C)nnc3c2c1. The van der Waals surface area contributed by atoms with Crippen molar-refractivity contribution < 1.29 is 4.74 Å². The third-order valence-corrected chi connectivity index (χ3v) is 3.04. The van der Waals surface area contributed by atoms with Gasteiger partial charge in [0.15, 0.2) is 5.65 Å². The molecule has 0 fully saturated rings. The molecule has 0 saturated carbocycles. The minimum Gasteiger partial charge on any atom is -0.497 e. The number of fused-ring (bicyclic) bond motifs is 3. The van der Waals surface area contributed by atoms with Gasteiger partial charge >= 0.3 is 0 Å². The summed E-state index contributed by atoms with van der Waals surface area (Å²) in [6.07, 6.45) is 0. The van der Waals surface area contributed by atoms with Crippen LogP contribution in [0.4, 0.5) is 0 Å². The molecular formula is C13H13N3O. The quantitative estimate of drug-likeness (QED) is 0.641. The van der Waals surface area contributed by atoms with Crippen molar-refractivity contribution in [3.05, 3.63) is 35.8 Å². The van der Waals surface area contributed by atoms with Gasteiger partial charge in [0.1, 0.15) is 11.6 Å². The lowest BCUT2D eigenvalue weighted by molar-refractivity contribution is 0.415. The summed E-state index contributed by atoms with van der Waals surface area (Å²) < 4.78 is 7.31. The van der Waals surface area contributed by atoms with E-state index in [0.29, 0.717) is 0 Å². The molecular weight excluding hydrogens is 214 g/mol. The Bertz CT molecular complexity index is 715. The highest BCUT2D eigenvalue weighted by molar-refractivity contribution is 5.95. The number of nitrogens with zero attached hydrogens (tertiary/aromatic N) is 3. The monoisotopic (exact) mass is 227 g/mol. The van der Waals surface area contributed by atoms with Crippen molar-refractivity contribution in [3.8, 4) is 5.75 Å². The molecule has 0 aliphatic carbocycles. The van der Waals surface area contributed by atoms with Crippen molar-refractivity contribution in [1.29, 1.82) is 0 Å². The zero-order valence-electron chi connectivity index (χ0n) is 10.1. The fourth-order valence-corrected chi connectivity index (χ4v) is 2.23. The molecule has 0 amide bonds. The molecule has 4 nitrogen and oxygen atoms in total. The molecule has 3 aromatic rings. The average molecular weight is 227 g/mol. The molecule has 2 aromatic heterocycles. The van der Waals surface area contributed by atoms with Crippen molar-refractivity contribution in [2.24, 2.45) is 0 Å². The lowest BCUT2D eigenvalue weighted by Crippen LogP contribution is -1.95. The summed E-state index contributed by atoms with van der Waals surface area (Å²) in [5.41, 5.74) is 2.02. The molecule has 0 radical (unpaired) electrons. The number of hydrogen-bond donors (Lipinski definition) is 0. The van der Waals surface area contributed by atoms with E-state index in [1.54, 1.807) is 7.11 Å². The van der Waals surface area contributed by atoms with E-state index < -0.39 is 0 Å². The first-order chi connectivity index (χ1) is 8.20. The number of hydrogen-bond acceptors (Lipinski definition) is 3. The molecule has 0 spiro atoms. The number of aryl methyl sites for hydroxylation is 2. The Morgan fingerprint density at radius 3 is 2.71 bits per heavy atom. The Labute approximate surface area is 98.8 Å². The number of aromatic nitrogens is 3. The van der Waals surface area contributed by atoms with Crippen molar-refractivity contribution in [2.75, 3.05) is 7.11 Å². The van der Waals surface area contributed by atoms with Crippen LogP contribution in [0.3, 0.4) is 0 Å². The van der Waals surface area contributed by atoms with Gasteiger partial charge in [-0.25, -0.2) is 0 Å². The molecule has 1 aromatic carbocycles. The van der Waals surface area contributed by atoms with E-state index in [1.807, 2.05) is 25.1 Å². The molecule has 0 atom stereocenters. The van der Waals surface area contributed by atoms with Crippen LogP contribution in [0, 0.1) is 13.8 Å². The summed E-state index contributed by atoms with van der Waals surface area (Å²) in [7, 11) is 1.67. The Kier molecular flexibility index (Phi) is 2.04. The summed E-state index contributed by atoms with van der Waals surface area (Å²) in [6.45, 7) is 4.02. The average Bonchev–Trinajstić information content (AvgIpc) is 2.72. The van der Waals surface area contributed by atoms with E-state index in [4.69, 9.17) is 4.74 Å². The maximum Gasteiger partial charge on any atom is 0.169 e. The molecule has 86 valence electrons. The van der Waals surface area contributed by atoms with Crippen LogP contribution < -0.4 is 4.74 Å². The molecule has 0 aliphatic heterocycles. The van der Waals surface area contributed by atoms with E-state index in [0.717, 1.165) is 33.7 Å². The first-order valence-electron chi connectivity index (χ1n) is 5.50. The number of benzene rings is 1. The first-order valence-corrected chi connectivity index (χ1v) is 5.50. The number of rotatable bonds is 1. The predicted molar refractivity (Wildman–Crippen MR) is 66.5 cm³/mol. The zero-order chi connectivity index (χ0) is 12.0. The van der Waals surface area contributed by atoms with Gasteiger partial charge in [-0.2, -0.15) is 0 Å². The third kappa shape index (κ3) is 1.37. The molecule has 17 heavy (non-hydrogen) atoms. The molecule has 2 heterocycles. The lowest BCUT2D eigenvalue weighted by atomic mass is 10.1. The molecule has 3 rings (SSSR count). The largest absolute Gasteiger partial charge is 0.497 e. The van der Waals surface area contributed by atoms with Crippen LogP contribution in [0.2, 0.25) is 0 Å². The third-order valence-electron chi connectivity index (χ3n) is 3.04. The zero-order valence-corrected chi connectivity index (χ0v) is 10.1. The van der Waals surface area contributed by atoms with Crippen molar-refractivity contribution in [1.82, 2.24) is 14.6 Å². The Morgan fingerprint density at radius 1 is 1.12 bits per heavy atom. The van der Waals surface area contributed by atoms with Crippen LogP contribution in [0.5, 0.6) is 5.75 Å². The fourth-order valence-electron chi connectivity index (χ4n) is 2.23. The summed E-state index contributed by atoms with van der Waals surface area (Å²) >= 11 is 0. The maximum absolute atomic E-state index is 5.25. The van der Waals surface area contributed by atoms with E-state index >= 15 is 0 Å². The molecule has 0 N–H and O–H groups in total. The Morgan fingerprint density at radius 2 is 1.94 bits per heavy atom. The van der Waals surface area contributed by atoms with Crippen molar-refractivity contribution in [3.63, 3.8) is 0 Å². The van der Waals surface area contributed by atoms with Crippen LogP contribution in [0.25, 0.3) is 16.4 Å². The fraction of sp³-hybridized carbons (Fsp3) is 0.231. The molecule has 0 bridgehead atoms. The molecule has 4 heteroatoms. The van der Waals surface area contributed by atoms with Crippen LogP contribution in [0.15, 0.2) is 24.3 Å². The smallest absolute Gasteiger partial charge is 0.169 e. The van der Waals surface area contributed by atoms with Gasteiger partial charge in [-0.15, -0.1) is 10.2 Å². The summed E-state index contributed by atoms with van der Waals surface area (Å²) in [4.78, 5) is 0. The first kappa shape index (κ1) is 10.1. The van der Waals surface area contributed by atoms with Gasteiger partial charge in [-0.05, 0) is 37.4 Å². The standard InChI is InChI=1S/C13H13N3O/c1-8-6-10-4-5-11(17-3)7-12(10)13-15-14-9(2)16(8)13/h4-7H,1-3H3. The predicted octanol–water partition coefficient (Wildman–Crippen LogP) is 2.51. The minimum atomic E-state index is 0.837. The van der Waals surface area contributed by atoms with Crippen LogP contribution in [-0.2, 0) is 0 Å². The van der Waals surface area contributed by atoms with E-state index in [9.17, 15) is 0 Å². The number of methoxy groups -OCH3 is 1. The van der Waals surface area contributed by atoms with Gasteiger partial charge in [0.25, 0.3) is 0 Å². The van der Waals surface area contributed by atoms with Crippen molar-refractivity contribution >= 4 is 16.4 Å². The highest BCUT2D eigenvalue weighted by Gasteiger charge is 2.09. The Balaban J connectivity index is 2.51. The second-order valence-electron chi connectivity index (χ2n) is 4.15. The van der Waals surface area contributed by atoms with Gasteiger partial charge in [-0.3, -0.25) is 4.40 Å². The Hall–Kier alpha value is -2.10. The van der Waals surface area contributed by atoms with Gasteiger partial charge in [0, 0.05) is 11.1 Å². The molecule has 0 saturated heterocycles. The number of pyridine rings is 1. The molecule has 0 unspecified atom stereocenters. The van der Waals surface area contributed by atoms with E-state index in [-0.39, 0.29) is 0 Å². The van der Waals surface area contributed by atoms with Crippen LogP contribution in [0.1, 0.15) is 11.5 Å². The van der Waals surface area contributed by atoms with E-state index in [1.165, 1.54) is 0 Å². The van der Waals surface area contributed by atoms with Gasteiger partial charge in [0.2, 0.25) is 0 Å². The highest BCUT2D eigenvalue weighted by Crippen LogP contribution is 2.25. The second-order valence-corrected chi connectivity index (χ2v) is 4.15. The topological polar surface area (TPSA) is 39.4 Å². The normalized spacial score (nSPS) is 11.2. The summed E-state index contributed by atoms with van der Waals surface area (Å²) in [6, 6.07) is 8.14. The number of ether oxygens (including phenoxy) is 1.